The lowest BCUT2D eigenvalue weighted by molar-refractivity contribution is 0.0331. The van der Waals surface area contributed by atoms with Crippen molar-refractivity contribution in [3.05, 3.63) is 12.2 Å². The minimum atomic E-state index is -0.568. The van der Waals surface area contributed by atoms with E-state index < -0.39 is 5.60 Å². The molecule has 1 fully saturated rings. The van der Waals surface area contributed by atoms with Crippen LogP contribution in [0.4, 0.5) is 0 Å². The number of nitrogens with one attached hydrogen (secondary N) is 1. The van der Waals surface area contributed by atoms with Crippen LogP contribution in [0.15, 0.2) is 12.2 Å². The van der Waals surface area contributed by atoms with E-state index in [0.717, 1.165) is 25.8 Å². The number of hydrogen-bond donors (Lipinski definition) is 2. The van der Waals surface area contributed by atoms with Gasteiger partial charge in [0.05, 0.1) is 5.60 Å². The van der Waals surface area contributed by atoms with Gasteiger partial charge in [-0.05, 0) is 44.1 Å². The van der Waals surface area contributed by atoms with Gasteiger partial charge in [-0.15, -0.1) is 0 Å². The first kappa shape index (κ1) is 11.2. The lowest BCUT2D eigenvalue weighted by atomic mass is 9.77. The number of hydrogen-bond acceptors (Lipinski definition) is 2. The van der Waals surface area contributed by atoms with Gasteiger partial charge < -0.3 is 10.4 Å². The summed E-state index contributed by atoms with van der Waals surface area (Å²) in [5.74, 6) is 1.36. The van der Waals surface area contributed by atoms with Gasteiger partial charge in [-0.2, -0.15) is 0 Å². The summed E-state index contributed by atoms with van der Waals surface area (Å²) in [4.78, 5) is 0. The van der Waals surface area contributed by atoms with Gasteiger partial charge in [0.1, 0.15) is 0 Å². The zero-order chi connectivity index (χ0) is 10.9. The minimum Gasteiger partial charge on any atom is -0.384 e. The maximum Gasteiger partial charge on any atom is 0.0980 e. The van der Waals surface area contributed by atoms with Gasteiger partial charge in [0.25, 0.3) is 0 Å². The summed E-state index contributed by atoms with van der Waals surface area (Å²) in [6.07, 6.45) is 8.66. The molecule has 3 atom stereocenters. The second-order valence-corrected chi connectivity index (χ2v) is 5.45. The molecule has 0 aromatic heterocycles. The van der Waals surface area contributed by atoms with E-state index in [9.17, 15) is 5.11 Å². The molecule has 0 amide bonds. The molecule has 0 radical (unpaired) electrons. The molecule has 2 N–H and O–H groups in total. The predicted octanol–water partition coefficient (Wildman–Crippen LogP) is 2.09. The van der Waals surface area contributed by atoms with E-state index in [1.165, 1.54) is 6.42 Å². The molecule has 1 heterocycles. The highest BCUT2D eigenvalue weighted by Crippen LogP contribution is 2.34. The van der Waals surface area contributed by atoms with Crippen molar-refractivity contribution in [1.29, 1.82) is 0 Å². The average molecular weight is 209 g/mol. The third kappa shape index (κ3) is 2.26. The molecule has 0 bridgehead atoms. The highest BCUT2D eigenvalue weighted by atomic mass is 16.3. The molecular weight excluding hydrogens is 186 g/mol. The van der Waals surface area contributed by atoms with Crippen LogP contribution in [0.5, 0.6) is 0 Å². The molecule has 86 valence electrons. The van der Waals surface area contributed by atoms with Gasteiger partial charge in [-0.1, -0.05) is 26.0 Å². The van der Waals surface area contributed by atoms with Crippen LogP contribution >= 0.6 is 0 Å². The largest absolute Gasteiger partial charge is 0.384 e. The smallest absolute Gasteiger partial charge is 0.0980 e. The maximum absolute atomic E-state index is 10.5. The van der Waals surface area contributed by atoms with E-state index in [1.54, 1.807) is 0 Å². The lowest BCUT2D eigenvalue weighted by Crippen LogP contribution is -2.47. The summed E-state index contributed by atoms with van der Waals surface area (Å²) >= 11 is 0. The molecule has 0 spiro atoms. The van der Waals surface area contributed by atoms with Crippen molar-refractivity contribution in [3.63, 3.8) is 0 Å². The SMILES string of the molecule is CC(C)C1C=CC(O)(C2CCCN2)CC1. The second-order valence-electron chi connectivity index (χ2n) is 5.45. The summed E-state index contributed by atoms with van der Waals surface area (Å²) in [7, 11) is 0. The van der Waals surface area contributed by atoms with Gasteiger partial charge in [0, 0.05) is 6.04 Å². The summed E-state index contributed by atoms with van der Waals surface area (Å²) in [6, 6.07) is 0.293. The molecule has 1 saturated heterocycles. The summed E-state index contributed by atoms with van der Waals surface area (Å²) in [5, 5.41) is 13.9. The first-order valence-electron chi connectivity index (χ1n) is 6.27. The Bertz CT molecular complexity index is 243. The van der Waals surface area contributed by atoms with Crippen molar-refractivity contribution in [1.82, 2.24) is 5.32 Å². The highest BCUT2D eigenvalue weighted by molar-refractivity contribution is 5.14. The standard InChI is InChI=1S/C13H23NO/c1-10(2)11-5-7-13(15,8-6-11)12-4-3-9-14-12/h5,7,10-12,14-15H,3-4,6,8-9H2,1-2H3. The zero-order valence-corrected chi connectivity index (χ0v) is 9.87. The minimum absolute atomic E-state index is 0.293. The number of allylic oxidation sites excluding steroid dienone is 1. The molecule has 1 aliphatic heterocycles. The average Bonchev–Trinajstić information content (AvgIpc) is 2.71. The molecule has 0 aromatic carbocycles. The Hall–Kier alpha value is -0.340. The Labute approximate surface area is 92.8 Å². The molecule has 2 nitrogen and oxygen atoms in total. The Kier molecular flexibility index (Phi) is 3.17. The highest BCUT2D eigenvalue weighted by Gasteiger charge is 2.38. The molecule has 2 aliphatic rings. The molecule has 15 heavy (non-hydrogen) atoms. The number of aliphatic hydroxyl groups is 1. The third-order valence-electron chi connectivity index (χ3n) is 4.03. The van der Waals surface area contributed by atoms with Crippen LogP contribution in [0, 0.1) is 11.8 Å². The monoisotopic (exact) mass is 209 g/mol. The summed E-state index contributed by atoms with van der Waals surface area (Å²) in [6.45, 7) is 5.58. The zero-order valence-electron chi connectivity index (χ0n) is 9.87. The second kappa shape index (κ2) is 4.26. The van der Waals surface area contributed by atoms with E-state index in [4.69, 9.17) is 0 Å². The first-order valence-corrected chi connectivity index (χ1v) is 6.27. The van der Waals surface area contributed by atoms with Crippen LogP contribution in [-0.2, 0) is 0 Å². The van der Waals surface area contributed by atoms with E-state index in [2.05, 4.69) is 31.3 Å². The fourth-order valence-corrected chi connectivity index (χ4v) is 2.82. The summed E-state index contributed by atoms with van der Waals surface area (Å²) in [5.41, 5.74) is -0.568. The van der Waals surface area contributed by atoms with Crippen LogP contribution in [0.1, 0.15) is 39.5 Å². The van der Waals surface area contributed by atoms with Crippen LogP contribution in [0.3, 0.4) is 0 Å². The van der Waals surface area contributed by atoms with Crippen molar-refractivity contribution < 1.29 is 5.11 Å². The lowest BCUT2D eigenvalue weighted by Gasteiger charge is -2.36. The first-order chi connectivity index (χ1) is 7.12. The van der Waals surface area contributed by atoms with Crippen molar-refractivity contribution in [2.45, 2.75) is 51.2 Å². The van der Waals surface area contributed by atoms with Crippen LogP contribution in [-0.4, -0.2) is 23.3 Å². The maximum atomic E-state index is 10.5. The molecular formula is C13H23NO. The van der Waals surface area contributed by atoms with Crippen LogP contribution in [0.25, 0.3) is 0 Å². The molecule has 0 aromatic rings. The van der Waals surface area contributed by atoms with Gasteiger partial charge in [-0.3, -0.25) is 0 Å². The van der Waals surface area contributed by atoms with E-state index in [0.29, 0.717) is 17.9 Å². The molecule has 1 aliphatic carbocycles. The van der Waals surface area contributed by atoms with Gasteiger partial charge >= 0.3 is 0 Å². The molecule has 0 saturated carbocycles. The molecule has 2 heteroatoms. The van der Waals surface area contributed by atoms with Crippen molar-refractivity contribution >= 4 is 0 Å². The van der Waals surface area contributed by atoms with E-state index >= 15 is 0 Å². The van der Waals surface area contributed by atoms with Crippen molar-refractivity contribution in [2.24, 2.45) is 11.8 Å². The predicted molar refractivity (Wildman–Crippen MR) is 62.7 cm³/mol. The fraction of sp³-hybridized carbons (Fsp3) is 0.846. The van der Waals surface area contributed by atoms with Gasteiger partial charge in [0.2, 0.25) is 0 Å². The normalized spacial score (nSPS) is 41.3. The topological polar surface area (TPSA) is 32.3 Å². The van der Waals surface area contributed by atoms with E-state index in [-0.39, 0.29) is 0 Å². The fourth-order valence-electron chi connectivity index (χ4n) is 2.82. The number of rotatable bonds is 2. The molecule has 2 rings (SSSR count). The Balaban J connectivity index is 2.02. The Morgan fingerprint density at radius 2 is 2.20 bits per heavy atom. The van der Waals surface area contributed by atoms with Crippen molar-refractivity contribution in [3.8, 4) is 0 Å². The third-order valence-corrected chi connectivity index (χ3v) is 4.03. The van der Waals surface area contributed by atoms with Crippen molar-refractivity contribution in [2.75, 3.05) is 6.54 Å². The molecule has 3 unspecified atom stereocenters. The Morgan fingerprint density at radius 3 is 2.67 bits per heavy atom. The van der Waals surface area contributed by atoms with Crippen LogP contribution in [0.2, 0.25) is 0 Å². The van der Waals surface area contributed by atoms with Crippen LogP contribution < -0.4 is 5.32 Å². The quantitative estimate of drug-likeness (QED) is 0.683. The van der Waals surface area contributed by atoms with E-state index in [1.807, 2.05) is 0 Å². The van der Waals surface area contributed by atoms with Gasteiger partial charge in [0.15, 0.2) is 0 Å². The van der Waals surface area contributed by atoms with Gasteiger partial charge in [-0.25, -0.2) is 0 Å². The Morgan fingerprint density at radius 1 is 1.40 bits per heavy atom. The summed E-state index contributed by atoms with van der Waals surface area (Å²) < 4.78 is 0.